The predicted molar refractivity (Wildman–Crippen MR) is 78.9 cm³/mol. The van der Waals surface area contributed by atoms with E-state index in [1.807, 2.05) is 0 Å². The number of nitrogens with one attached hydrogen (secondary N) is 2. The number of aromatic amines is 1. The molecule has 0 spiro atoms. The van der Waals surface area contributed by atoms with Gasteiger partial charge in [0.2, 0.25) is 10.0 Å². The number of hydrogen-bond donors (Lipinski definition) is 3. The first-order chi connectivity index (χ1) is 10.2. The highest BCUT2D eigenvalue weighted by Crippen LogP contribution is 2.16. The summed E-state index contributed by atoms with van der Waals surface area (Å²) in [5, 5.41) is 9.08. The zero-order valence-electron chi connectivity index (χ0n) is 11.9. The van der Waals surface area contributed by atoms with Gasteiger partial charge < -0.3 is 10.1 Å². The normalized spacial score (nSPS) is 13.4. The van der Waals surface area contributed by atoms with Crippen LogP contribution in [0.4, 0.5) is 0 Å². The number of aromatic nitrogens is 2. The van der Waals surface area contributed by atoms with Gasteiger partial charge >= 0.3 is 5.97 Å². The number of benzene rings is 1. The second-order valence-corrected chi connectivity index (χ2v) is 6.82. The van der Waals surface area contributed by atoms with Crippen molar-refractivity contribution in [1.82, 2.24) is 14.7 Å². The van der Waals surface area contributed by atoms with Gasteiger partial charge in [-0.3, -0.25) is 9.59 Å². The number of rotatable bonds is 5. The van der Waals surface area contributed by atoms with Crippen molar-refractivity contribution in [2.75, 3.05) is 0 Å². The molecule has 2 rings (SSSR count). The Morgan fingerprint density at radius 3 is 2.64 bits per heavy atom. The summed E-state index contributed by atoms with van der Waals surface area (Å²) in [6.07, 6.45) is 1.04. The fourth-order valence-electron chi connectivity index (χ4n) is 1.89. The average Bonchev–Trinajstić information content (AvgIpc) is 2.43. The molecule has 1 atom stereocenters. The van der Waals surface area contributed by atoms with Gasteiger partial charge in [0.1, 0.15) is 6.04 Å². The Bertz CT molecular complexity index is 873. The summed E-state index contributed by atoms with van der Waals surface area (Å²) in [6.45, 7) is 3.21. The average molecular weight is 325 g/mol. The summed E-state index contributed by atoms with van der Waals surface area (Å²) in [4.78, 5) is 28.5. The molecular formula is C13H15N3O5S. The van der Waals surface area contributed by atoms with Gasteiger partial charge in [-0.05, 0) is 24.1 Å². The fourth-order valence-corrected chi connectivity index (χ4v) is 3.25. The Hall–Kier alpha value is -2.26. The molecule has 1 aromatic carbocycles. The third kappa shape index (κ3) is 3.31. The van der Waals surface area contributed by atoms with Crippen LogP contribution in [0, 0.1) is 5.92 Å². The Morgan fingerprint density at radius 2 is 2.05 bits per heavy atom. The summed E-state index contributed by atoms with van der Waals surface area (Å²) in [5.74, 6) is -1.66. The lowest BCUT2D eigenvalue weighted by Gasteiger charge is -2.18. The molecule has 0 saturated heterocycles. The van der Waals surface area contributed by atoms with E-state index in [0.717, 1.165) is 6.20 Å². The van der Waals surface area contributed by atoms with Crippen molar-refractivity contribution in [2.45, 2.75) is 24.8 Å². The first kappa shape index (κ1) is 16.1. The van der Waals surface area contributed by atoms with Gasteiger partial charge in [-0.1, -0.05) is 13.8 Å². The maximum absolute atomic E-state index is 12.3. The Balaban J connectivity index is 2.43. The lowest BCUT2D eigenvalue weighted by Crippen LogP contribution is -2.44. The van der Waals surface area contributed by atoms with Crippen LogP contribution >= 0.6 is 0 Å². The van der Waals surface area contributed by atoms with Crippen molar-refractivity contribution in [3.63, 3.8) is 0 Å². The van der Waals surface area contributed by atoms with Gasteiger partial charge in [0.05, 0.1) is 22.1 Å². The zero-order valence-corrected chi connectivity index (χ0v) is 12.7. The van der Waals surface area contributed by atoms with Crippen molar-refractivity contribution in [2.24, 2.45) is 5.92 Å². The second-order valence-electron chi connectivity index (χ2n) is 5.11. The van der Waals surface area contributed by atoms with E-state index in [4.69, 9.17) is 5.11 Å². The molecule has 0 bridgehead atoms. The van der Waals surface area contributed by atoms with Crippen molar-refractivity contribution in [3.05, 3.63) is 34.7 Å². The van der Waals surface area contributed by atoms with Crippen LogP contribution in [-0.2, 0) is 14.8 Å². The number of nitrogens with zero attached hydrogens (tertiary/aromatic N) is 1. The molecule has 3 N–H and O–H groups in total. The van der Waals surface area contributed by atoms with E-state index in [1.54, 1.807) is 13.8 Å². The van der Waals surface area contributed by atoms with Crippen molar-refractivity contribution in [3.8, 4) is 0 Å². The minimum atomic E-state index is -4.01. The van der Waals surface area contributed by atoms with E-state index in [1.165, 1.54) is 18.2 Å². The molecule has 22 heavy (non-hydrogen) atoms. The summed E-state index contributed by atoms with van der Waals surface area (Å²) in [6, 6.07) is 2.72. The number of H-pyrrole nitrogens is 1. The maximum atomic E-state index is 12.3. The molecule has 0 fully saturated rings. The number of carboxylic acids is 1. The molecule has 0 radical (unpaired) electrons. The van der Waals surface area contributed by atoms with Gasteiger partial charge in [0.15, 0.2) is 0 Å². The number of sulfonamides is 1. The third-order valence-electron chi connectivity index (χ3n) is 3.07. The molecule has 9 heteroatoms. The van der Waals surface area contributed by atoms with E-state index in [-0.39, 0.29) is 4.90 Å². The van der Waals surface area contributed by atoms with Gasteiger partial charge in [-0.2, -0.15) is 4.72 Å². The number of carbonyl (C=O) groups is 1. The molecule has 0 saturated carbocycles. The van der Waals surface area contributed by atoms with Gasteiger partial charge in [0.25, 0.3) is 5.56 Å². The van der Waals surface area contributed by atoms with Gasteiger partial charge in [0, 0.05) is 0 Å². The number of carboxylic acid groups (broad SMARTS) is 1. The Labute approximate surface area is 126 Å². The van der Waals surface area contributed by atoms with E-state index in [9.17, 15) is 18.0 Å². The van der Waals surface area contributed by atoms with Crippen LogP contribution < -0.4 is 10.3 Å². The summed E-state index contributed by atoms with van der Waals surface area (Å²) < 4.78 is 26.7. The van der Waals surface area contributed by atoms with Crippen molar-refractivity contribution in [1.29, 1.82) is 0 Å². The standard InChI is InChI=1S/C13H15N3O5S/c1-7(2)12(13(18)19)16-22(20,21)8-3-4-9-10(5-8)14-6-11(17)15-9/h3-7,12,16H,1-2H3,(H,15,17)(H,18,19)/t12-/m1/s1. The topological polar surface area (TPSA) is 129 Å². The summed E-state index contributed by atoms with van der Waals surface area (Å²) in [5.41, 5.74) is 0.288. The van der Waals surface area contributed by atoms with Crippen LogP contribution in [0.2, 0.25) is 0 Å². The lowest BCUT2D eigenvalue weighted by atomic mass is 10.1. The van der Waals surface area contributed by atoms with E-state index in [0.29, 0.717) is 11.0 Å². The molecule has 2 aromatic rings. The quantitative estimate of drug-likeness (QED) is 0.725. The van der Waals surface area contributed by atoms with Crippen LogP contribution in [0.5, 0.6) is 0 Å². The highest BCUT2D eigenvalue weighted by Gasteiger charge is 2.28. The number of hydrogen-bond acceptors (Lipinski definition) is 5. The number of fused-ring (bicyclic) bond motifs is 1. The fraction of sp³-hybridized carbons (Fsp3) is 0.308. The smallest absolute Gasteiger partial charge is 0.322 e. The second kappa shape index (κ2) is 5.85. The highest BCUT2D eigenvalue weighted by molar-refractivity contribution is 7.89. The van der Waals surface area contributed by atoms with E-state index in [2.05, 4.69) is 14.7 Å². The first-order valence-corrected chi connectivity index (χ1v) is 7.93. The van der Waals surface area contributed by atoms with Crippen molar-refractivity contribution < 1.29 is 18.3 Å². The minimum Gasteiger partial charge on any atom is -0.480 e. The van der Waals surface area contributed by atoms with Crippen LogP contribution in [0.15, 0.2) is 34.1 Å². The van der Waals surface area contributed by atoms with Crippen LogP contribution in [0.1, 0.15) is 13.8 Å². The molecule has 0 aliphatic carbocycles. The molecule has 0 unspecified atom stereocenters. The molecular weight excluding hydrogens is 310 g/mol. The molecule has 1 heterocycles. The molecule has 118 valence electrons. The summed E-state index contributed by atoms with van der Waals surface area (Å²) >= 11 is 0. The SMILES string of the molecule is CC(C)[C@@H](NS(=O)(=O)c1ccc2[nH]c(=O)cnc2c1)C(=O)O. The first-order valence-electron chi connectivity index (χ1n) is 6.45. The van der Waals surface area contributed by atoms with Gasteiger partial charge in [-0.15, -0.1) is 0 Å². The maximum Gasteiger partial charge on any atom is 0.322 e. The van der Waals surface area contributed by atoms with Crippen LogP contribution in [0.3, 0.4) is 0 Å². The molecule has 0 amide bonds. The van der Waals surface area contributed by atoms with Crippen LogP contribution in [-0.4, -0.2) is 35.5 Å². The Kier molecular flexibility index (Phi) is 4.29. The zero-order chi connectivity index (χ0) is 16.5. The molecule has 0 aliphatic rings. The molecule has 8 nitrogen and oxygen atoms in total. The third-order valence-corrected chi connectivity index (χ3v) is 4.51. The van der Waals surface area contributed by atoms with Crippen molar-refractivity contribution >= 4 is 27.0 Å². The highest BCUT2D eigenvalue weighted by atomic mass is 32.2. The minimum absolute atomic E-state index is 0.119. The Morgan fingerprint density at radius 1 is 1.36 bits per heavy atom. The predicted octanol–water partition coefficient (Wildman–Crippen LogP) is 0.311. The molecule has 1 aromatic heterocycles. The number of aliphatic carboxylic acids is 1. The van der Waals surface area contributed by atoms with Gasteiger partial charge in [-0.25, -0.2) is 13.4 Å². The largest absolute Gasteiger partial charge is 0.480 e. The molecule has 0 aliphatic heterocycles. The monoisotopic (exact) mass is 325 g/mol. The van der Waals surface area contributed by atoms with Crippen LogP contribution in [0.25, 0.3) is 11.0 Å². The van der Waals surface area contributed by atoms with E-state index < -0.39 is 33.5 Å². The summed E-state index contributed by atoms with van der Waals surface area (Å²) in [7, 11) is -4.01. The lowest BCUT2D eigenvalue weighted by molar-refractivity contribution is -0.140. The van der Waals surface area contributed by atoms with E-state index >= 15 is 0 Å².